The standard InChI is InChI=1S/C48H38N8O4/c1-31-45(47(57)59-39-27-23-37(24-28-39)55-53-35-15-7-5-8-16-35)32(2)50-43-21-13-14-22-44(43)52-34(4)46(33(3)51-42-20-12-11-19-41(42)49-31)48(58)60-40-29-25-38(26-30-40)56-54-36-17-9-6-10-18-36/h5-30H,1-4H3. The zero-order chi connectivity index (χ0) is 41.8. The molecule has 7 aromatic rings. The third-order valence-electron chi connectivity index (χ3n) is 8.94. The lowest BCUT2D eigenvalue weighted by Crippen LogP contribution is -2.13. The summed E-state index contributed by atoms with van der Waals surface area (Å²) in [5.74, 6) is -0.731. The fraction of sp³-hybridized carbons (Fsp3) is 0.0833. The Kier molecular flexibility index (Phi) is 12.6. The fourth-order valence-electron chi connectivity index (χ4n) is 6.07. The van der Waals surface area contributed by atoms with E-state index in [9.17, 15) is 9.59 Å². The second kappa shape index (κ2) is 18.9. The third kappa shape index (κ3) is 10.2. The smallest absolute Gasteiger partial charge is 0.347 e. The Hall–Kier alpha value is -8.12. The van der Waals surface area contributed by atoms with Crippen molar-refractivity contribution in [1.82, 2.24) is 19.9 Å². The van der Waals surface area contributed by atoms with Crippen molar-refractivity contribution in [3.8, 4) is 11.5 Å². The van der Waals surface area contributed by atoms with Crippen LogP contribution in [0.4, 0.5) is 22.7 Å². The molecule has 0 radical (unpaired) electrons. The van der Waals surface area contributed by atoms with Crippen molar-refractivity contribution in [2.24, 2.45) is 20.5 Å². The molecule has 0 aliphatic carbocycles. The number of aryl methyl sites for hydroxylation is 4. The molecule has 294 valence electrons. The van der Waals surface area contributed by atoms with Crippen LogP contribution in [0.1, 0.15) is 43.5 Å². The van der Waals surface area contributed by atoms with Crippen molar-refractivity contribution in [3.63, 3.8) is 0 Å². The van der Waals surface area contributed by atoms with Gasteiger partial charge in [0.25, 0.3) is 0 Å². The number of carbonyl (C=O) groups is 2. The van der Waals surface area contributed by atoms with Crippen LogP contribution >= 0.6 is 0 Å². The van der Waals surface area contributed by atoms with Gasteiger partial charge in [-0.25, -0.2) is 9.59 Å². The van der Waals surface area contributed by atoms with Crippen molar-refractivity contribution in [2.45, 2.75) is 27.7 Å². The highest BCUT2D eigenvalue weighted by molar-refractivity contribution is 5.94. The van der Waals surface area contributed by atoms with Crippen molar-refractivity contribution >= 4 is 56.8 Å². The van der Waals surface area contributed by atoms with Crippen LogP contribution in [0, 0.1) is 27.7 Å². The molecule has 1 heterocycles. The van der Waals surface area contributed by atoms with E-state index < -0.39 is 11.9 Å². The summed E-state index contributed by atoms with van der Waals surface area (Å²) in [6.07, 6.45) is 0. The Balaban J connectivity index is 1.28. The number of carbonyl (C=O) groups excluding carboxylic acids is 2. The summed E-state index contributed by atoms with van der Waals surface area (Å²) in [5, 5.41) is 17.0. The summed E-state index contributed by atoms with van der Waals surface area (Å²) in [7, 11) is 0. The van der Waals surface area contributed by atoms with E-state index in [2.05, 4.69) is 20.5 Å². The van der Waals surface area contributed by atoms with Crippen molar-refractivity contribution in [1.29, 1.82) is 0 Å². The maximum absolute atomic E-state index is 14.0. The maximum atomic E-state index is 14.0. The van der Waals surface area contributed by atoms with Gasteiger partial charge in [0.05, 0.1) is 67.6 Å². The minimum atomic E-state index is -0.664. The first-order chi connectivity index (χ1) is 29.2. The normalized spacial score (nSPS) is 11.0. The predicted molar refractivity (Wildman–Crippen MR) is 231 cm³/mol. The molecule has 60 heavy (non-hydrogen) atoms. The van der Waals surface area contributed by atoms with Gasteiger partial charge in [-0.15, -0.1) is 0 Å². The molecular formula is C48H38N8O4. The Morgan fingerprint density at radius 3 is 0.883 bits per heavy atom. The number of hydrogen-bond acceptors (Lipinski definition) is 12. The number of ether oxygens (including phenoxy) is 2. The summed E-state index contributed by atoms with van der Waals surface area (Å²) in [4.78, 5) is 47.6. The molecular weight excluding hydrogens is 753 g/mol. The average molecular weight is 791 g/mol. The van der Waals surface area contributed by atoms with Gasteiger partial charge in [-0.2, -0.15) is 20.5 Å². The molecule has 0 amide bonds. The number of rotatable bonds is 8. The monoisotopic (exact) mass is 790 g/mol. The zero-order valence-corrected chi connectivity index (χ0v) is 33.2. The van der Waals surface area contributed by atoms with Crippen molar-refractivity contribution in [3.05, 3.63) is 192 Å². The molecule has 0 spiro atoms. The van der Waals surface area contributed by atoms with Crippen molar-refractivity contribution in [2.75, 3.05) is 0 Å². The second-order valence-electron chi connectivity index (χ2n) is 13.4. The SMILES string of the molecule is Cc1nc2ccccc2nc(C)c(C(=O)Oc2ccc(N=Nc3ccccc3)cc2)c(C)nc2ccccc2nc(C)c1C(=O)Oc1ccc(N=Nc2ccccc2)cc1. The van der Waals surface area contributed by atoms with Crippen LogP contribution in [-0.2, 0) is 0 Å². The molecule has 0 N–H and O–H groups in total. The molecule has 0 unspecified atom stereocenters. The van der Waals surface area contributed by atoms with Crippen LogP contribution < -0.4 is 9.47 Å². The first kappa shape index (κ1) is 40.1. The van der Waals surface area contributed by atoms with Crippen LogP contribution in [0.5, 0.6) is 11.5 Å². The Morgan fingerprint density at radius 1 is 0.350 bits per heavy atom. The predicted octanol–water partition coefficient (Wildman–Crippen LogP) is 12.3. The number of hydrogen-bond donors (Lipinski definition) is 0. The third-order valence-corrected chi connectivity index (χ3v) is 8.94. The molecule has 0 atom stereocenters. The molecule has 0 bridgehead atoms. The van der Waals surface area contributed by atoms with Gasteiger partial charge in [0, 0.05) is 0 Å². The van der Waals surface area contributed by atoms with E-state index in [1.165, 1.54) is 0 Å². The van der Waals surface area contributed by atoms with E-state index in [-0.39, 0.29) is 11.1 Å². The lowest BCUT2D eigenvalue weighted by atomic mass is 10.1. The molecule has 6 aromatic carbocycles. The van der Waals surface area contributed by atoms with E-state index in [0.29, 0.717) is 67.7 Å². The Labute approximate surface area is 346 Å². The lowest BCUT2D eigenvalue weighted by Gasteiger charge is -2.09. The minimum absolute atomic E-state index is 0.147. The Bertz CT molecular complexity index is 2600. The fourth-order valence-corrected chi connectivity index (χ4v) is 6.07. The summed E-state index contributed by atoms with van der Waals surface area (Å²) in [6.45, 7) is 6.83. The van der Waals surface area contributed by atoms with Crippen LogP contribution in [0.25, 0.3) is 22.1 Å². The van der Waals surface area contributed by atoms with Gasteiger partial charge >= 0.3 is 11.9 Å². The molecule has 0 aliphatic heterocycles. The maximum Gasteiger partial charge on any atom is 0.347 e. The van der Waals surface area contributed by atoms with Gasteiger partial charge in [0.2, 0.25) is 0 Å². The number of azo groups is 2. The summed E-state index contributed by atoms with van der Waals surface area (Å²) < 4.78 is 11.8. The van der Waals surface area contributed by atoms with Gasteiger partial charge in [-0.1, -0.05) is 60.7 Å². The van der Waals surface area contributed by atoms with Crippen LogP contribution in [-0.4, -0.2) is 31.9 Å². The molecule has 1 aromatic heterocycles. The molecule has 0 saturated carbocycles. The summed E-state index contributed by atoms with van der Waals surface area (Å²) in [6, 6.07) is 46.5. The van der Waals surface area contributed by atoms with Gasteiger partial charge < -0.3 is 9.47 Å². The van der Waals surface area contributed by atoms with E-state index >= 15 is 0 Å². The van der Waals surface area contributed by atoms with Gasteiger partial charge in [0.15, 0.2) is 0 Å². The molecule has 0 aliphatic rings. The van der Waals surface area contributed by atoms with E-state index in [0.717, 1.165) is 11.4 Å². The van der Waals surface area contributed by atoms with Crippen LogP contribution in [0.3, 0.4) is 0 Å². The van der Waals surface area contributed by atoms with E-state index in [4.69, 9.17) is 29.4 Å². The summed E-state index contributed by atoms with van der Waals surface area (Å²) in [5.41, 5.74) is 6.02. The highest BCUT2D eigenvalue weighted by atomic mass is 16.5. The molecule has 7 rings (SSSR count). The van der Waals surface area contributed by atoms with E-state index in [1.807, 2.05) is 84.9 Å². The van der Waals surface area contributed by atoms with Gasteiger partial charge in [0.1, 0.15) is 22.6 Å². The topological polar surface area (TPSA) is 154 Å². The minimum Gasteiger partial charge on any atom is -0.423 e. The second-order valence-corrected chi connectivity index (χ2v) is 13.4. The quantitative estimate of drug-likeness (QED) is 0.0837. The number of fused-ring (bicyclic) bond motifs is 2. The van der Waals surface area contributed by atoms with Gasteiger partial charge in [-0.05, 0) is 125 Å². The van der Waals surface area contributed by atoms with Crippen molar-refractivity contribution < 1.29 is 19.1 Å². The lowest BCUT2D eigenvalue weighted by molar-refractivity contribution is 0.0722. The largest absolute Gasteiger partial charge is 0.423 e. The molecule has 12 nitrogen and oxygen atoms in total. The number of nitrogens with zero attached hydrogens (tertiary/aromatic N) is 8. The van der Waals surface area contributed by atoms with Crippen LogP contribution in [0.2, 0.25) is 0 Å². The molecule has 0 saturated heterocycles. The number of benzene rings is 6. The van der Waals surface area contributed by atoms with Crippen LogP contribution in [0.15, 0.2) is 178 Å². The van der Waals surface area contributed by atoms with E-state index in [1.54, 1.807) is 100 Å². The average Bonchev–Trinajstić information content (AvgIpc) is 3.25. The highest BCUT2D eigenvalue weighted by Crippen LogP contribution is 2.25. The molecule has 12 heteroatoms. The number of aromatic nitrogens is 4. The zero-order valence-electron chi connectivity index (χ0n) is 33.2. The first-order valence-electron chi connectivity index (χ1n) is 18.9. The summed E-state index contributed by atoms with van der Waals surface area (Å²) >= 11 is 0. The number of para-hydroxylation sites is 4. The molecule has 0 fully saturated rings. The first-order valence-corrected chi connectivity index (χ1v) is 18.9. The van der Waals surface area contributed by atoms with Gasteiger partial charge in [-0.3, -0.25) is 19.9 Å². The highest BCUT2D eigenvalue weighted by Gasteiger charge is 2.18. The Morgan fingerprint density at radius 2 is 0.600 bits per heavy atom. The number of esters is 2.